The minimum atomic E-state index is -5.01. The predicted molar refractivity (Wildman–Crippen MR) is 88.0 cm³/mol. The zero-order valence-corrected chi connectivity index (χ0v) is 14.1. The van der Waals surface area contributed by atoms with Gasteiger partial charge in [-0.3, -0.25) is 24.9 Å². The van der Waals surface area contributed by atoms with Crippen LogP contribution < -0.4 is 5.32 Å². The lowest BCUT2D eigenvalue weighted by molar-refractivity contribution is -0.388. The third-order valence-electron chi connectivity index (χ3n) is 3.96. The van der Waals surface area contributed by atoms with E-state index in [1.165, 1.54) is 0 Å². The topological polar surface area (TPSA) is 108 Å². The lowest BCUT2D eigenvalue weighted by atomic mass is 10.3. The summed E-state index contributed by atoms with van der Waals surface area (Å²) in [5, 5.41) is 16.6. The molecule has 0 unspecified atom stereocenters. The Hall–Kier alpha value is -3.44. The molecule has 2 heterocycles. The van der Waals surface area contributed by atoms with Crippen LogP contribution in [0.1, 0.15) is 11.4 Å². The number of aromatic nitrogens is 4. The second-order valence-corrected chi connectivity index (χ2v) is 5.73. The maximum Gasteiger partial charge on any atom is 0.442 e. The van der Waals surface area contributed by atoms with E-state index in [2.05, 4.69) is 15.4 Å². The van der Waals surface area contributed by atoms with Crippen LogP contribution in [0, 0.1) is 17.0 Å². The number of carbonyl (C=O) groups is 1. The Morgan fingerprint density at radius 3 is 2.56 bits per heavy atom. The van der Waals surface area contributed by atoms with Crippen LogP contribution >= 0.6 is 0 Å². The molecule has 1 aromatic carbocycles. The summed E-state index contributed by atoms with van der Waals surface area (Å²) in [6, 6.07) is 7.09. The Morgan fingerprint density at radius 2 is 2.00 bits per heavy atom. The monoisotopic (exact) mass is 382 g/mol. The molecule has 3 rings (SSSR count). The van der Waals surface area contributed by atoms with Crippen molar-refractivity contribution in [3.8, 4) is 0 Å². The van der Waals surface area contributed by atoms with Gasteiger partial charge in [-0.25, -0.2) is 4.98 Å². The van der Waals surface area contributed by atoms with E-state index in [1.54, 1.807) is 35.9 Å². The third-order valence-corrected chi connectivity index (χ3v) is 3.96. The Bertz CT molecular complexity index is 1050. The Balaban J connectivity index is 1.88. The van der Waals surface area contributed by atoms with Crippen molar-refractivity contribution in [2.75, 3.05) is 5.32 Å². The highest BCUT2D eigenvalue weighted by Gasteiger charge is 2.44. The van der Waals surface area contributed by atoms with Gasteiger partial charge < -0.3 is 4.57 Å². The summed E-state index contributed by atoms with van der Waals surface area (Å²) in [6.45, 7) is 0.467. The Labute approximate surface area is 149 Å². The average molecular weight is 382 g/mol. The standard InChI is InChI=1S/C15H13F3N6O3/c1-8-12(24(26)27)13(15(16,17)18)21-23(8)7-11(25)20-14-19-9-5-3-4-6-10(9)22(14)2/h3-6H,7H2,1-2H3,(H,19,20,25). The highest BCUT2D eigenvalue weighted by molar-refractivity contribution is 5.91. The number of carbonyl (C=O) groups excluding carboxylic acids is 1. The number of aryl methyl sites for hydroxylation is 1. The predicted octanol–water partition coefficient (Wildman–Crippen LogP) is 2.64. The quantitative estimate of drug-likeness (QED) is 0.551. The van der Waals surface area contributed by atoms with E-state index in [-0.39, 0.29) is 11.6 Å². The third kappa shape index (κ3) is 3.32. The van der Waals surface area contributed by atoms with Crippen molar-refractivity contribution in [2.45, 2.75) is 19.6 Å². The van der Waals surface area contributed by atoms with E-state index in [1.807, 2.05) is 0 Å². The van der Waals surface area contributed by atoms with Gasteiger partial charge in [0.15, 0.2) is 0 Å². The molecule has 0 aliphatic rings. The van der Waals surface area contributed by atoms with Gasteiger partial charge in [0.05, 0.1) is 16.0 Å². The van der Waals surface area contributed by atoms with Crippen LogP contribution in [0.4, 0.5) is 24.8 Å². The van der Waals surface area contributed by atoms with Crippen LogP contribution in [0.3, 0.4) is 0 Å². The Morgan fingerprint density at radius 1 is 1.33 bits per heavy atom. The van der Waals surface area contributed by atoms with Crippen molar-refractivity contribution in [3.05, 3.63) is 45.8 Å². The Kier molecular flexibility index (Phi) is 4.33. The molecule has 9 nitrogen and oxygen atoms in total. The number of anilines is 1. The molecule has 1 amide bonds. The maximum absolute atomic E-state index is 13.0. The number of fused-ring (bicyclic) bond motifs is 1. The molecule has 3 aromatic rings. The van der Waals surface area contributed by atoms with Gasteiger partial charge in [0, 0.05) is 7.05 Å². The fourth-order valence-electron chi connectivity index (χ4n) is 2.66. The molecule has 0 saturated carbocycles. The lowest BCUT2D eigenvalue weighted by Gasteiger charge is -2.06. The number of para-hydroxylation sites is 2. The first kappa shape index (κ1) is 18.4. The number of halogens is 3. The van der Waals surface area contributed by atoms with Crippen molar-refractivity contribution in [3.63, 3.8) is 0 Å². The fourth-order valence-corrected chi connectivity index (χ4v) is 2.66. The molecular weight excluding hydrogens is 369 g/mol. The summed E-state index contributed by atoms with van der Waals surface area (Å²) < 4.78 is 41.1. The smallest absolute Gasteiger partial charge is 0.313 e. The van der Waals surface area contributed by atoms with Gasteiger partial charge in [-0.15, -0.1) is 0 Å². The van der Waals surface area contributed by atoms with Gasteiger partial charge in [-0.2, -0.15) is 18.3 Å². The van der Waals surface area contributed by atoms with Gasteiger partial charge in [0.2, 0.25) is 17.5 Å². The van der Waals surface area contributed by atoms with Crippen molar-refractivity contribution in [1.82, 2.24) is 19.3 Å². The van der Waals surface area contributed by atoms with Gasteiger partial charge in [-0.1, -0.05) is 12.1 Å². The van der Waals surface area contributed by atoms with Crippen molar-refractivity contribution in [1.29, 1.82) is 0 Å². The van der Waals surface area contributed by atoms with Crippen molar-refractivity contribution in [2.24, 2.45) is 7.05 Å². The van der Waals surface area contributed by atoms with E-state index in [4.69, 9.17) is 0 Å². The molecule has 142 valence electrons. The number of amides is 1. The van der Waals surface area contributed by atoms with Crippen molar-refractivity contribution < 1.29 is 22.9 Å². The van der Waals surface area contributed by atoms with E-state index >= 15 is 0 Å². The molecule has 12 heteroatoms. The van der Waals surface area contributed by atoms with Crippen molar-refractivity contribution >= 4 is 28.6 Å². The van der Waals surface area contributed by atoms with E-state index in [9.17, 15) is 28.1 Å². The molecule has 27 heavy (non-hydrogen) atoms. The number of imidazole rings is 1. The molecule has 0 fully saturated rings. The first-order valence-corrected chi connectivity index (χ1v) is 7.60. The molecule has 0 atom stereocenters. The van der Waals surface area contributed by atoms with E-state index < -0.39 is 34.9 Å². The van der Waals surface area contributed by atoms with Gasteiger partial charge in [0.1, 0.15) is 12.2 Å². The number of hydrogen-bond acceptors (Lipinski definition) is 5. The van der Waals surface area contributed by atoms with Crippen LogP contribution in [-0.4, -0.2) is 30.2 Å². The maximum atomic E-state index is 13.0. The van der Waals surface area contributed by atoms with Crippen LogP contribution in [-0.2, 0) is 24.6 Å². The molecule has 0 radical (unpaired) electrons. The SMILES string of the molecule is Cc1c([N+](=O)[O-])c(C(F)(F)F)nn1CC(=O)Nc1nc2ccccc2n1C. The molecule has 1 N–H and O–H groups in total. The molecular formula is C15H13F3N6O3. The summed E-state index contributed by atoms with van der Waals surface area (Å²) in [5.41, 5.74) is -1.80. The summed E-state index contributed by atoms with van der Waals surface area (Å²) in [6.07, 6.45) is -5.01. The average Bonchev–Trinajstić information content (AvgIpc) is 3.06. The minimum Gasteiger partial charge on any atom is -0.313 e. The normalized spacial score (nSPS) is 11.7. The number of nitrogens with zero attached hydrogens (tertiary/aromatic N) is 5. The second-order valence-electron chi connectivity index (χ2n) is 5.73. The van der Waals surface area contributed by atoms with Crippen LogP contribution in [0.2, 0.25) is 0 Å². The molecule has 0 aliphatic heterocycles. The fraction of sp³-hybridized carbons (Fsp3) is 0.267. The highest BCUT2D eigenvalue weighted by atomic mass is 19.4. The summed E-state index contributed by atoms with van der Waals surface area (Å²) >= 11 is 0. The largest absolute Gasteiger partial charge is 0.442 e. The molecule has 0 saturated heterocycles. The highest BCUT2D eigenvalue weighted by Crippen LogP contribution is 2.36. The van der Waals surface area contributed by atoms with Gasteiger partial charge in [-0.05, 0) is 19.1 Å². The first-order chi connectivity index (χ1) is 12.6. The second kappa shape index (κ2) is 6.37. The number of benzene rings is 1. The van der Waals surface area contributed by atoms with Crippen LogP contribution in [0.25, 0.3) is 11.0 Å². The van der Waals surface area contributed by atoms with Crippen LogP contribution in [0.15, 0.2) is 24.3 Å². The van der Waals surface area contributed by atoms with Gasteiger partial charge in [0.25, 0.3) is 0 Å². The first-order valence-electron chi connectivity index (χ1n) is 7.60. The van der Waals surface area contributed by atoms with E-state index in [0.717, 1.165) is 12.4 Å². The van der Waals surface area contributed by atoms with Crippen LogP contribution in [0.5, 0.6) is 0 Å². The summed E-state index contributed by atoms with van der Waals surface area (Å²) in [7, 11) is 1.66. The molecule has 2 aromatic heterocycles. The summed E-state index contributed by atoms with van der Waals surface area (Å²) in [5.74, 6) is -0.529. The van der Waals surface area contributed by atoms with Gasteiger partial charge >= 0.3 is 11.9 Å². The number of alkyl halides is 3. The zero-order valence-electron chi connectivity index (χ0n) is 14.1. The molecule has 0 aliphatic carbocycles. The molecule has 0 spiro atoms. The number of hydrogen-bond donors (Lipinski definition) is 1. The minimum absolute atomic E-state index is 0.191. The number of rotatable bonds is 4. The zero-order chi connectivity index (χ0) is 19.9. The number of nitrogens with one attached hydrogen (secondary N) is 1. The molecule has 0 bridgehead atoms. The number of nitro groups is 1. The van der Waals surface area contributed by atoms with E-state index in [0.29, 0.717) is 10.2 Å². The lowest BCUT2D eigenvalue weighted by Crippen LogP contribution is -2.22. The summed E-state index contributed by atoms with van der Waals surface area (Å²) in [4.78, 5) is 26.2.